The number of amides is 1. The lowest BCUT2D eigenvalue weighted by atomic mass is 10.0. The van der Waals surface area contributed by atoms with Gasteiger partial charge in [0.05, 0.1) is 12.6 Å². The van der Waals surface area contributed by atoms with E-state index in [4.69, 9.17) is 9.84 Å². The van der Waals surface area contributed by atoms with E-state index in [9.17, 15) is 4.79 Å². The summed E-state index contributed by atoms with van der Waals surface area (Å²) in [6, 6.07) is 12.5. The molecule has 0 spiro atoms. The van der Waals surface area contributed by atoms with Crippen molar-refractivity contribution in [2.45, 2.75) is 6.54 Å². The van der Waals surface area contributed by atoms with E-state index in [1.165, 1.54) is 4.90 Å². The second-order valence-corrected chi connectivity index (χ2v) is 7.92. The fraction of sp³-hybridized carbons (Fsp3) is 0.300. The molecule has 0 radical (unpaired) electrons. The maximum absolute atomic E-state index is 11.1. The molecule has 0 aliphatic carbocycles. The summed E-state index contributed by atoms with van der Waals surface area (Å²) < 4.78 is 6.68. The number of aromatic nitrogens is 2. The van der Waals surface area contributed by atoms with E-state index in [1.807, 2.05) is 6.07 Å². The second kappa shape index (κ2) is 7.96. The van der Waals surface area contributed by atoms with Crippen LogP contribution in [0.2, 0.25) is 0 Å². The van der Waals surface area contributed by atoms with E-state index in [0.29, 0.717) is 13.1 Å². The van der Waals surface area contributed by atoms with Gasteiger partial charge in [0.25, 0.3) is 0 Å². The fourth-order valence-electron chi connectivity index (χ4n) is 3.55. The maximum Gasteiger partial charge on any atom is 0.407 e. The molecule has 0 atom stereocenters. The molecule has 4 rings (SSSR count). The molecule has 0 unspecified atom stereocenters. The van der Waals surface area contributed by atoms with Crippen LogP contribution in [0.5, 0.6) is 5.75 Å². The van der Waals surface area contributed by atoms with Gasteiger partial charge in [0, 0.05) is 43.7 Å². The number of nitrogens with zero attached hydrogens (tertiary/aromatic N) is 3. The molecule has 1 aromatic heterocycles. The van der Waals surface area contributed by atoms with Gasteiger partial charge in [-0.25, -0.2) is 4.79 Å². The summed E-state index contributed by atoms with van der Waals surface area (Å²) in [5.74, 6) is 0.847. The Bertz CT molecular complexity index is 1010. The number of carboxylic acid groups (broad SMARTS) is 1. The van der Waals surface area contributed by atoms with Crippen LogP contribution in [-0.4, -0.2) is 64.5 Å². The zero-order valence-corrected chi connectivity index (χ0v) is 17.6. The third-order valence-electron chi connectivity index (χ3n) is 5.16. The second-order valence-electron chi connectivity index (χ2n) is 6.84. The van der Waals surface area contributed by atoms with Crippen molar-refractivity contribution < 1.29 is 14.6 Å². The molecule has 146 valence electrons. The number of benzene rings is 2. The Morgan fingerprint density at radius 1 is 1.18 bits per heavy atom. The van der Waals surface area contributed by atoms with Gasteiger partial charge in [-0.1, -0.05) is 18.2 Å². The first-order chi connectivity index (χ1) is 13.5. The van der Waals surface area contributed by atoms with Crippen LogP contribution in [0.3, 0.4) is 0 Å². The molecule has 0 saturated carbocycles. The molecule has 0 bridgehead atoms. The Morgan fingerprint density at radius 3 is 2.61 bits per heavy atom. The van der Waals surface area contributed by atoms with Gasteiger partial charge < -0.3 is 14.7 Å². The number of hydrogen-bond acceptors (Lipinski definition) is 4. The van der Waals surface area contributed by atoms with Crippen molar-refractivity contribution in [2.24, 2.45) is 0 Å². The predicted octanol–water partition coefficient (Wildman–Crippen LogP) is 3.64. The number of ether oxygens (including phenoxy) is 1. The molecular weight excluding hydrogens is 471 g/mol. The van der Waals surface area contributed by atoms with Gasteiger partial charge in [0.15, 0.2) is 0 Å². The average Bonchev–Trinajstić information content (AvgIpc) is 3.09. The lowest BCUT2D eigenvalue weighted by Crippen LogP contribution is -2.47. The number of nitrogens with one attached hydrogen (secondary N) is 1. The molecule has 1 aliphatic heterocycles. The zero-order valence-electron chi connectivity index (χ0n) is 15.5. The summed E-state index contributed by atoms with van der Waals surface area (Å²) in [6.07, 6.45) is -0.842. The van der Waals surface area contributed by atoms with Crippen molar-refractivity contribution in [2.75, 3.05) is 33.3 Å². The quantitative estimate of drug-likeness (QED) is 0.544. The Kier molecular flexibility index (Phi) is 5.40. The van der Waals surface area contributed by atoms with E-state index < -0.39 is 6.09 Å². The van der Waals surface area contributed by atoms with Crippen LogP contribution in [0.15, 0.2) is 36.4 Å². The van der Waals surface area contributed by atoms with Crippen molar-refractivity contribution >= 4 is 39.6 Å². The van der Waals surface area contributed by atoms with Crippen molar-refractivity contribution in [3.05, 3.63) is 45.7 Å². The number of methoxy groups -OCH3 is 1. The zero-order chi connectivity index (χ0) is 19.7. The highest BCUT2D eigenvalue weighted by atomic mass is 127. The third kappa shape index (κ3) is 3.79. The fourth-order valence-corrected chi connectivity index (χ4v) is 4.10. The van der Waals surface area contributed by atoms with Crippen LogP contribution in [0.4, 0.5) is 4.79 Å². The third-order valence-corrected chi connectivity index (χ3v) is 5.99. The highest BCUT2D eigenvalue weighted by Gasteiger charge is 2.21. The monoisotopic (exact) mass is 492 g/mol. The van der Waals surface area contributed by atoms with E-state index in [-0.39, 0.29) is 0 Å². The molecule has 28 heavy (non-hydrogen) atoms. The lowest BCUT2D eigenvalue weighted by molar-refractivity contribution is 0.102. The molecule has 2 heterocycles. The molecule has 7 nitrogen and oxygen atoms in total. The maximum atomic E-state index is 11.1. The standard InChI is InChI=1S/C20H21IN4O3/c1-28-18-11-14(13-4-5-17-16(10-13)19(21)23-22-17)2-3-15(18)12-24-6-8-25(9-7-24)20(26)27/h2-5,10-11H,6-9,12H2,1H3,(H,22,23)(H,26,27). The van der Waals surface area contributed by atoms with Crippen molar-refractivity contribution in [1.29, 1.82) is 0 Å². The molecule has 3 aromatic rings. The Balaban J connectivity index is 1.54. The molecule has 1 fully saturated rings. The summed E-state index contributed by atoms with van der Waals surface area (Å²) in [5, 5.41) is 17.5. The summed E-state index contributed by atoms with van der Waals surface area (Å²) in [7, 11) is 1.69. The first kappa shape index (κ1) is 19.0. The van der Waals surface area contributed by atoms with E-state index in [0.717, 1.165) is 56.7 Å². The number of piperazine rings is 1. The van der Waals surface area contributed by atoms with Crippen molar-refractivity contribution in [3.8, 4) is 16.9 Å². The number of hydrogen-bond donors (Lipinski definition) is 2. The Hall–Kier alpha value is -2.33. The van der Waals surface area contributed by atoms with E-state index in [1.54, 1.807) is 7.11 Å². The lowest BCUT2D eigenvalue weighted by Gasteiger charge is -2.33. The molecular formula is C20H21IN4O3. The largest absolute Gasteiger partial charge is 0.496 e. The van der Waals surface area contributed by atoms with Gasteiger partial charge in [-0.05, 0) is 51.9 Å². The van der Waals surface area contributed by atoms with Crippen LogP contribution in [0, 0.1) is 3.70 Å². The van der Waals surface area contributed by atoms with Gasteiger partial charge in [-0.3, -0.25) is 10.00 Å². The smallest absolute Gasteiger partial charge is 0.407 e. The summed E-state index contributed by atoms with van der Waals surface area (Å²) in [6.45, 7) is 3.29. The number of carbonyl (C=O) groups is 1. The average molecular weight is 492 g/mol. The van der Waals surface area contributed by atoms with Gasteiger partial charge in [0.1, 0.15) is 9.45 Å². The van der Waals surface area contributed by atoms with E-state index >= 15 is 0 Å². The summed E-state index contributed by atoms with van der Waals surface area (Å²) in [4.78, 5) is 14.8. The van der Waals surface area contributed by atoms with Crippen molar-refractivity contribution in [3.63, 3.8) is 0 Å². The van der Waals surface area contributed by atoms with Crippen LogP contribution in [0.25, 0.3) is 22.0 Å². The molecule has 8 heteroatoms. The topological polar surface area (TPSA) is 81.7 Å². The van der Waals surface area contributed by atoms with Gasteiger partial charge >= 0.3 is 6.09 Å². The molecule has 2 N–H and O–H groups in total. The van der Waals surface area contributed by atoms with Crippen molar-refractivity contribution in [1.82, 2.24) is 20.0 Å². The predicted molar refractivity (Wildman–Crippen MR) is 116 cm³/mol. The van der Waals surface area contributed by atoms with Gasteiger partial charge in [0.2, 0.25) is 0 Å². The minimum Gasteiger partial charge on any atom is -0.496 e. The molecule has 1 saturated heterocycles. The van der Waals surface area contributed by atoms with Crippen LogP contribution >= 0.6 is 22.6 Å². The molecule has 1 aliphatic rings. The van der Waals surface area contributed by atoms with Crippen LogP contribution in [-0.2, 0) is 6.54 Å². The number of rotatable bonds is 4. The molecule has 1 amide bonds. The number of halogens is 1. The number of H-pyrrole nitrogens is 1. The Morgan fingerprint density at radius 2 is 1.89 bits per heavy atom. The van der Waals surface area contributed by atoms with Gasteiger partial charge in [-0.2, -0.15) is 5.10 Å². The summed E-state index contributed by atoms with van der Waals surface area (Å²) >= 11 is 2.26. The SMILES string of the molecule is COc1cc(-c2ccc3n[nH]c(I)c3c2)ccc1CN1CCN(C(=O)O)CC1. The number of aromatic amines is 1. The Labute approximate surface area is 176 Å². The summed E-state index contributed by atoms with van der Waals surface area (Å²) in [5.41, 5.74) is 4.27. The highest BCUT2D eigenvalue weighted by molar-refractivity contribution is 14.1. The molecule has 2 aromatic carbocycles. The van der Waals surface area contributed by atoms with Crippen LogP contribution in [0.1, 0.15) is 5.56 Å². The minimum atomic E-state index is -0.842. The number of fused-ring (bicyclic) bond motifs is 1. The van der Waals surface area contributed by atoms with Crippen LogP contribution < -0.4 is 4.74 Å². The highest BCUT2D eigenvalue weighted by Crippen LogP contribution is 2.31. The first-order valence-corrected chi connectivity index (χ1v) is 10.1. The first-order valence-electron chi connectivity index (χ1n) is 9.06. The van der Waals surface area contributed by atoms with E-state index in [2.05, 4.69) is 68.0 Å². The normalized spacial score (nSPS) is 15.1. The van der Waals surface area contributed by atoms with Gasteiger partial charge in [-0.15, -0.1) is 0 Å². The minimum absolute atomic E-state index is 0.541.